The Labute approximate surface area is 136 Å². The predicted octanol–water partition coefficient (Wildman–Crippen LogP) is 1.26. The van der Waals surface area contributed by atoms with Gasteiger partial charge in [-0.1, -0.05) is 0 Å². The van der Waals surface area contributed by atoms with Gasteiger partial charge >= 0.3 is 5.97 Å². The van der Waals surface area contributed by atoms with Crippen molar-refractivity contribution in [2.24, 2.45) is 0 Å². The lowest BCUT2D eigenvalue weighted by atomic mass is 9.92. The van der Waals surface area contributed by atoms with Crippen LogP contribution >= 0.6 is 0 Å². The van der Waals surface area contributed by atoms with Gasteiger partial charge in [-0.05, 0) is 24.6 Å². The number of piperidine rings is 1. The Morgan fingerprint density at radius 2 is 2.12 bits per heavy atom. The summed E-state index contributed by atoms with van der Waals surface area (Å²) in [6, 6.07) is 6.39. The Morgan fingerprint density at radius 3 is 2.79 bits per heavy atom. The molecule has 3 aliphatic rings. The molecule has 1 aromatic carbocycles. The van der Waals surface area contributed by atoms with Crippen molar-refractivity contribution in [1.29, 1.82) is 0 Å². The first-order chi connectivity index (χ1) is 11.7. The molecule has 2 aromatic heterocycles. The van der Waals surface area contributed by atoms with Crippen molar-refractivity contribution in [1.82, 2.24) is 20.1 Å². The molecule has 2 unspecified atom stereocenters. The summed E-state index contributed by atoms with van der Waals surface area (Å²) in [4.78, 5) is 18.1. The molecule has 0 aliphatic carbocycles. The van der Waals surface area contributed by atoms with Gasteiger partial charge in [-0.25, -0.2) is 9.48 Å². The van der Waals surface area contributed by atoms with E-state index in [0.29, 0.717) is 34.9 Å². The van der Waals surface area contributed by atoms with Crippen LogP contribution in [-0.4, -0.2) is 51.0 Å². The number of aromatic carboxylic acids is 1. The Kier molecular flexibility index (Phi) is 2.72. The Balaban J connectivity index is 1.64. The smallest absolute Gasteiger partial charge is 0.335 e. The van der Waals surface area contributed by atoms with E-state index in [-0.39, 0.29) is 5.56 Å². The third-order valence-corrected chi connectivity index (χ3v) is 4.65. The van der Waals surface area contributed by atoms with Gasteiger partial charge in [0.15, 0.2) is 5.58 Å². The summed E-state index contributed by atoms with van der Waals surface area (Å²) in [7, 11) is 0. The van der Waals surface area contributed by atoms with Crippen LogP contribution in [0.2, 0.25) is 0 Å². The number of anilines is 1. The minimum absolute atomic E-state index is 0.163. The Bertz CT molecular complexity index is 917. The minimum atomic E-state index is -1.00. The Hall–Kier alpha value is -2.87. The van der Waals surface area contributed by atoms with E-state index in [1.807, 2.05) is 0 Å². The Morgan fingerprint density at radius 1 is 1.33 bits per heavy atom. The molecule has 3 fully saturated rings. The maximum atomic E-state index is 11.4. The number of nitrogens with one attached hydrogen (secondary N) is 1. The highest BCUT2D eigenvalue weighted by atomic mass is 16.4. The molecule has 24 heavy (non-hydrogen) atoms. The van der Waals surface area contributed by atoms with Crippen LogP contribution in [0.1, 0.15) is 16.8 Å². The molecule has 8 heteroatoms. The van der Waals surface area contributed by atoms with Crippen molar-refractivity contribution in [2.75, 3.05) is 18.0 Å². The van der Waals surface area contributed by atoms with Gasteiger partial charge in [0, 0.05) is 37.6 Å². The number of nitrogens with zero attached hydrogens (tertiary/aromatic N) is 4. The fourth-order valence-corrected chi connectivity index (χ4v) is 3.51. The highest BCUT2D eigenvalue weighted by Gasteiger charge is 2.38. The zero-order valence-corrected chi connectivity index (χ0v) is 12.7. The summed E-state index contributed by atoms with van der Waals surface area (Å²) >= 11 is 0. The SMILES string of the molecule is O=C(O)c1cc(-n2cccn2)c2oc(N3CC4CC(C3)N4)nc2c1. The summed E-state index contributed by atoms with van der Waals surface area (Å²) in [5.74, 6) is -1.00. The van der Waals surface area contributed by atoms with Crippen LogP contribution in [0.25, 0.3) is 16.8 Å². The van der Waals surface area contributed by atoms with Crippen LogP contribution in [0.4, 0.5) is 6.01 Å². The van der Waals surface area contributed by atoms with Crippen molar-refractivity contribution in [2.45, 2.75) is 18.5 Å². The second kappa shape index (κ2) is 4.81. The first-order valence-corrected chi connectivity index (χ1v) is 7.86. The zero-order chi connectivity index (χ0) is 16.3. The lowest BCUT2D eigenvalue weighted by molar-refractivity contribution is 0.0697. The number of piperazine rings is 1. The lowest BCUT2D eigenvalue weighted by Gasteiger charge is -2.47. The van der Waals surface area contributed by atoms with Crippen LogP contribution in [0.15, 0.2) is 35.0 Å². The maximum Gasteiger partial charge on any atom is 0.335 e. The number of fused-ring (bicyclic) bond motifs is 3. The average Bonchev–Trinajstić information content (AvgIpc) is 3.22. The molecule has 3 aliphatic heterocycles. The number of aromatic nitrogens is 3. The topological polar surface area (TPSA) is 96.4 Å². The molecule has 0 saturated carbocycles. The number of benzene rings is 1. The quantitative estimate of drug-likeness (QED) is 0.748. The van der Waals surface area contributed by atoms with Gasteiger partial charge in [-0.15, -0.1) is 0 Å². The van der Waals surface area contributed by atoms with Crippen LogP contribution in [-0.2, 0) is 0 Å². The van der Waals surface area contributed by atoms with Gasteiger partial charge in [0.1, 0.15) is 11.2 Å². The van der Waals surface area contributed by atoms with Crippen molar-refractivity contribution < 1.29 is 14.3 Å². The molecular formula is C16H15N5O3. The molecule has 3 saturated heterocycles. The maximum absolute atomic E-state index is 11.4. The van der Waals surface area contributed by atoms with Crippen LogP contribution in [0.3, 0.4) is 0 Å². The summed E-state index contributed by atoms with van der Waals surface area (Å²) < 4.78 is 7.60. The standard InChI is InChI=1S/C16H15N5O3/c22-15(23)9-4-12-14(13(5-9)21-3-1-2-17-21)24-16(19-12)20-7-10-6-11(8-20)18-10/h1-5,10-11,18H,6-8H2,(H,22,23). The number of carboxylic acids is 1. The monoisotopic (exact) mass is 325 g/mol. The molecule has 0 radical (unpaired) electrons. The van der Waals surface area contributed by atoms with E-state index < -0.39 is 5.97 Å². The number of carbonyl (C=O) groups is 1. The number of hydrogen-bond acceptors (Lipinski definition) is 6. The predicted molar refractivity (Wildman–Crippen MR) is 85.6 cm³/mol. The van der Waals surface area contributed by atoms with E-state index >= 15 is 0 Å². The fourth-order valence-electron chi connectivity index (χ4n) is 3.51. The molecule has 3 aromatic rings. The van der Waals surface area contributed by atoms with E-state index in [1.54, 1.807) is 35.3 Å². The van der Waals surface area contributed by atoms with Gasteiger partial charge in [0.2, 0.25) is 0 Å². The fraction of sp³-hybridized carbons (Fsp3) is 0.312. The van der Waals surface area contributed by atoms with Gasteiger partial charge < -0.3 is 19.7 Å². The minimum Gasteiger partial charge on any atom is -0.478 e. The molecule has 6 rings (SSSR count). The second-order valence-electron chi connectivity index (χ2n) is 6.30. The van der Waals surface area contributed by atoms with E-state index in [4.69, 9.17) is 4.42 Å². The van der Waals surface area contributed by atoms with Crippen LogP contribution in [0, 0.1) is 0 Å². The molecule has 2 N–H and O–H groups in total. The van der Waals surface area contributed by atoms with E-state index in [9.17, 15) is 9.90 Å². The molecule has 8 nitrogen and oxygen atoms in total. The molecular weight excluding hydrogens is 310 g/mol. The second-order valence-corrected chi connectivity index (χ2v) is 6.30. The van der Waals surface area contributed by atoms with Crippen LogP contribution in [0.5, 0.6) is 0 Å². The highest BCUT2D eigenvalue weighted by Crippen LogP contribution is 2.31. The van der Waals surface area contributed by atoms with Crippen LogP contribution < -0.4 is 10.2 Å². The summed E-state index contributed by atoms with van der Waals surface area (Å²) in [5.41, 5.74) is 1.82. The number of carboxylic acid groups (broad SMARTS) is 1. The third kappa shape index (κ3) is 2.00. The molecule has 5 heterocycles. The number of rotatable bonds is 3. The normalized spacial score (nSPS) is 22.6. The molecule has 2 atom stereocenters. The van der Waals surface area contributed by atoms with Gasteiger partial charge in [-0.3, -0.25) is 0 Å². The van der Waals surface area contributed by atoms with Crippen molar-refractivity contribution in [3.05, 3.63) is 36.2 Å². The van der Waals surface area contributed by atoms with E-state index in [0.717, 1.165) is 13.1 Å². The third-order valence-electron chi connectivity index (χ3n) is 4.65. The number of hydrogen-bond donors (Lipinski definition) is 2. The largest absolute Gasteiger partial charge is 0.478 e. The van der Waals surface area contributed by atoms with E-state index in [2.05, 4.69) is 20.3 Å². The highest BCUT2D eigenvalue weighted by molar-refractivity contribution is 5.95. The van der Waals surface area contributed by atoms with E-state index in [1.165, 1.54) is 6.42 Å². The summed E-state index contributed by atoms with van der Waals surface area (Å²) in [6.45, 7) is 1.71. The molecule has 0 amide bonds. The lowest BCUT2D eigenvalue weighted by Crippen LogP contribution is -2.67. The number of oxazole rings is 1. The van der Waals surface area contributed by atoms with Crippen molar-refractivity contribution in [3.8, 4) is 5.69 Å². The summed E-state index contributed by atoms with van der Waals surface area (Å²) in [5, 5.41) is 17.0. The van der Waals surface area contributed by atoms with Crippen molar-refractivity contribution >= 4 is 23.1 Å². The molecule has 122 valence electrons. The molecule has 2 bridgehead atoms. The first kappa shape index (κ1) is 13.6. The van der Waals surface area contributed by atoms with Gasteiger partial charge in [0.25, 0.3) is 6.01 Å². The van der Waals surface area contributed by atoms with Gasteiger partial charge in [0.05, 0.1) is 5.56 Å². The van der Waals surface area contributed by atoms with Gasteiger partial charge in [-0.2, -0.15) is 10.1 Å². The molecule has 0 spiro atoms. The summed E-state index contributed by atoms with van der Waals surface area (Å²) in [6.07, 6.45) is 4.58. The average molecular weight is 325 g/mol. The van der Waals surface area contributed by atoms with Crippen molar-refractivity contribution in [3.63, 3.8) is 0 Å². The zero-order valence-electron chi connectivity index (χ0n) is 12.7. The first-order valence-electron chi connectivity index (χ1n) is 7.86.